The SMILES string of the molecule is O=C(O)CCCCC(=O)OCCOCCOCCOCCOCCOCCOCCF. The summed E-state index contributed by atoms with van der Waals surface area (Å²) in [5.74, 6) is -1.21. The zero-order valence-electron chi connectivity index (χ0n) is 18.2. The molecule has 0 atom stereocenters. The first-order chi connectivity index (χ1) is 15.2. The van der Waals surface area contributed by atoms with E-state index in [2.05, 4.69) is 0 Å². The summed E-state index contributed by atoms with van der Waals surface area (Å²) in [6.07, 6.45) is 1.24. The second-order valence-corrected chi connectivity index (χ2v) is 6.18. The van der Waals surface area contributed by atoms with Crippen LogP contribution in [0.1, 0.15) is 25.7 Å². The fraction of sp³-hybridized carbons (Fsp3) is 0.900. The molecule has 0 saturated heterocycles. The van der Waals surface area contributed by atoms with E-state index < -0.39 is 12.6 Å². The third-order valence-corrected chi connectivity index (χ3v) is 3.59. The Morgan fingerprint density at radius 3 is 1.29 bits per heavy atom. The number of ether oxygens (including phenoxy) is 7. The summed E-state index contributed by atoms with van der Waals surface area (Å²) in [7, 11) is 0. The van der Waals surface area contributed by atoms with Gasteiger partial charge in [0.15, 0.2) is 0 Å². The van der Waals surface area contributed by atoms with Gasteiger partial charge in [-0.05, 0) is 12.8 Å². The van der Waals surface area contributed by atoms with E-state index in [1.165, 1.54) is 0 Å². The average Bonchev–Trinajstić information content (AvgIpc) is 2.75. The van der Waals surface area contributed by atoms with Crippen LogP contribution in [-0.4, -0.2) is 110 Å². The van der Waals surface area contributed by atoms with Crippen LogP contribution in [-0.2, 0) is 42.7 Å². The van der Waals surface area contributed by atoms with E-state index in [1.807, 2.05) is 0 Å². The molecule has 0 radical (unpaired) electrons. The highest BCUT2D eigenvalue weighted by Crippen LogP contribution is 2.01. The molecule has 0 aliphatic carbocycles. The standard InChI is InChI=1S/C20H37FO10/c21-5-6-25-7-8-26-9-10-27-11-12-28-13-14-29-15-16-30-17-18-31-20(24)4-2-1-3-19(22)23/h1-18H2,(H,22,23). The minimum absolute atomic E-state index is 0.0617. The van der Waals surface area contributed by atoms with Gasteiger partial charge in [-0.2, -0.15) is 0 Å². The summed E-state index contributed by atoms with van der Waals surface area (Å²) in [4.78, 5) is 21.7. The lowest BCUT2D eigenvalue weighted by molar-refractivity contribution is -0.146. The number of hydrogen-bond donors (Lipinski definition) is 1. The molecule has 0 unspecified atom stereocenters. The number of unbranched alkanes of at least 4 members (excludes halogenated alkanes) is 1. The van der Waals surface area contributed by atoms with Crippen LogP contribution in [0.15, 0.2) is 0 Å². The van der Waals surface area contributed by atoms with Crippen LogP contribution in [0.25, 0.3) is 0 Å². The Balaban J connectivity index is 3.10. The maximum atomic E-state index is 11.8. The highest BCUT2D eigenvalue weighted by atomic mass is 19.1. The second-order valence-electron chi connectivity index (χ2n) is 6.18. The first-order valence-corrected chi connectivity index (χ1v) is 10.6. The molecule has 0 aliphatic rings. The second kappa shape index (κ2) is 24.9. The van der Waals surface area contributed by atoms with E-state index in [-0.39, 0.29) is 38.6 Å². The van der Waals surface area contributed by atoms with Crippen LogP contribution >= 0.6 is 0 Å². The minimum atomic E-state index is -0.863. The summed E-state index contributed by atoms with van der Waals surface area (Å²) in [5.41, 5.74) is 0. The van der Waals surface area contributed by atoms with Gasteiger partial charge in [-0.25, -0.2) is 4.39 Å². The van der Waals surface area contributed by atoms with Crippen molar-refractivity contribution in [2.24, 2.45) is 0 Å². The van der Waals surface area contributed by atoms with Gasteiger partial charge >= 0.3 is 11.9 Å². The van der Waals surface area contributed by atoms with Gasteiger partial charge in [0.1, 0.15) is 13.3 Å². The largest absolute Gasteiger partial charge is 0.481 e. The molecule has 0 bridgehead atoms. The number of carboxylic acids is 1. The number of carbonyl (C=O) groups is 2. The Kier molecular flexibility index (Phi) is 23.8. The van der Waals surface area contributed by atoms with E-state index in [0.717, 1.165) is 0 Å². The van der Waals surface area contributed by atoms with Crippen LogP contribution in [0.3, 0.4) is 0 Å². The first-order valence-electron chi connectivity index (χ1n) is 10.6. The Hall–Kier alpha value is -1.37. The highest BCUT2D eigenvalue weighted by molar-refractivity contribution is 5.69. The molecular weight excluding hydrogens is 419 g/mol. The molecule has 0 aromatic heterocycles. The molecule has 1 N–H and O–H groups in total. The molecule has 11 heteroatoms. The molecular formula is C20H37FO10. The molecule has 0 fully saturated rings. The molecule has 0 saturated carbocycles. The van der Waals surface area contributed by atoms with Crippen molar-refractivity contribution in [2.75, 3.05) is 92.6 Å². The third kappa shape index (κ3) is 26.6. The van der Waals surface area contributed by atoms with Gasteiger partial charge in [0.2, 0.25) is 0 Å². The molecule has 0 aromatic rings. The monoisotopic (exact) mass is 456 g/mol. The normalized spacial score (nSPS) is 11.0. The first kappa shape index (κ1) is 29.6. The molecule has 184 valence electrons. The van der Waals surface area contributed by atoms with Crippen molar-refractivity contribution in [3.8, 4) is 0 Å². The summed E-state index contributed by atoms with van der Waals surface area (Å²) in [6, 6.07) is 0. The predicted molar refractivity (Wildman–Crippen MR) is 108 cm³/mol. The van der Waals surface area contributed by atoms with Crippen LogP contribution in [0.2, 0.25) is 0 Å². The van der Waals surface area contributed by atoms with E-state index in [0.29, 0.717) is 78.9 Å². The zero-order chi connectivity index (χ0) is 22.8. The Morgan fingerprint density at radius 2 is 0.903 bits per heavy atom. The van der Waals surface area contributed by atoms with E-state index in [1.54, 1.807) is 0 Å². The van der Waals surface area contributed by atoms with Crippen molar-refractivity contribution in [1.29, 1.82) is 0 Å². The number of hydrogen-bond acceptors (Lipinski definition) is 9. The number of carboxylic acid groups (broad SMARTS) is 1. The van der Waals surface area contributed by atoms with Crippen molar-refractivity contribution < 1.29 is 52.2 Å². The lowest BCUT2D eigenvalue weighted by atomic mass is 10.2. The Morgan fingerprint density at radius 1 is 0.548 bits per heavy atom. The van der Waals surface area contributed by atoms with E-state index in [4.69, 9.17) is 38.3 Å². The molecule has 0 aliphatic heterocycles. The average molecular weight is 457 g/mol. The van der Waals surface area contributed by atoms with Crippen molar-refractivity contribution >= 4 is 11.9 Å². The van der Waals surface area contributed by atoms with Crippen molar-refractivity contribution in [3.63, 3.8) is 0 Å². The number of aliphatic carboxylic acids is 1. The van der Waals surface area contributed by atoms with Gasteiger partial charge in [-0.15, -0.1) is 0 Å². The molecule has 31 heavy (non-hydrogen) atoms. The van der Waals surface area contributed by atoms with E-state index in [9.17, 15) is 14.0 Å². The molecule has 0 rings (SSSR count). The lowest BCUT2D eigenvalue weighted by Gasteiger charge is -2.08. The lowest BCUT2D eigenvalue weighted by Crippen LogP contribution is -2.15. The van der Waals surface area contributed by atoms with Gasteiger partial charge in [0, 0.05) is 12.8 Å². The van der Waals surface area contributed by atoms with Crippen LogP contribution in [0, 0.1) is 0 Å². The number of halogens is 1. The van der Waals surface area contributed by atoms with Crippen LogP contribution in [0.5, 0.6) is 0 Å². The smallest absolute Gasteiger partial charge is 0.305 e. The summed E-state index contributed by atoms with van der Waals surface area (Å²) >= 11 is 0. The summed E-state index contributed by atoms with van der Waals surface area (Å²) in [6.45, 7) is 4.39. The number of esters is 1. The van der Waals surface area contributed by atoms with Gasteiger partial charge in [0.05, 0.1) is 79.3 Å². The van der Waals surface area contributed by atoms with Crippen LogP contribution < -0.4 is 0 Å². The third-order valence-electron chi connectivity index (χ3n) is 3.59. The fourth-order valence-corrected chi connectivity index (χ4v) is 2.09. The number of carbonyl (C=O) groups excluding carboxylic acids is 1. The predicted octanol–water partition coefficient (Wildman–Crippen LogP) is 1.24. The summed E-state index contributed by atoms with van der Waals surface area (Å²) in [5, 5.41) is 8.49. The van der Waals surface area contributed by atoms with Crippen molar-refractivity contribution in [1.82, 2.24) is 0 Å². The molecule has 0 amide bonds. The molecule has 0 heterocycles. The topological polar surface area (TPSA) is 119 Å². The zero-order valence-corrected chi connectivity index (χ0v) is 18.2. The van der Waals surface area contributed by atoms with Crippen LogP contribution in [0.4, 0.5) is 4.39 Å². The van der Waals surface area contributed by atoms with E-state index >= 15 is 0 Å². The summed E-state index contributed by atoms with van der Waals surface area (Å²) < 4.78 is 48.2. The molecule has 0 aromatic carbocycles. The highest BCUT2D eigenvalue weighted by Gasteiger charge is 2.04. The fourth-order valence-electron chi connectivity index (χ4n) is 2.09. The minimum Gasteiger partial charge on any atom is -0.481 e. The molecule has 10 nitrogen and oxygen atoms in total. The van der Waals surface area contributed by atoms with Crippen molar-refractivity contribution in [3.05, 3.63) is 0 Å². The Labute approximate surface area is 183 Å². The number of alkyl halides is 1. The number of rotatable bonds is 25. The van der Waals surface area contributed by atoms with Gasteiger partial charge < -0.3 is 38.3 Å². The maximum absolute atomic E-state index is 11.8. The van der Waals surface area contributed by atoms with Gasteiger partial charge in [-0.3, -0.25) is 9.59 Å². The quantitative estimate of drug-likeness (QED) is 0.159. The molecule has 0 spiro atoms. The van der Waals surface area contributed by atoms with Gasteiger partial charge in [-0.1, -0.05) is 0 Å². The maximum Gasteiger partial charge on any atom is 0.305 e. The van der Waals surface area contributed by atoms with Gasteiger partial charge in [0.25, 0.3) is 0 Å². The Bertz CT molecular complexity index is 411. The van der Waals surface area contributed by atoms with Crippen molar-refractivity contribution in [2.45, 2.75) is 25.7 Å².